The summed E-state index contributed by atoms with van der Waals surface area (Å²) in [6.07, 6.45) is 9.33. The molecule has 1 N–H and O–H groups in total. The number of nitrogens with zero attached hydrogens (tertiary/aromatic N) is 1. The van der Waals surface area contributed by atoms with E-state index in [-0.39, 0.29) is 17.9 Å². The van der Waals surface area contributed by atoms with E-state index >= 15 is 0 Å². The maximum absolute atomic E-state index is 11.7. The first kappa shape index (κ1) is 17.3. The zero-order valence-electron chi connectivity index (χ0n) is 14.2. The first-order chi connectivity index (χ1) is 10.9. The van der Waals surface area contributed by atoms with E-state index in [0.717, 1.165) is 19.3 Å². The second-order valence-electron chi connectivity index (χ2n) is 6.92. The smallest absolute Gasteiger partial charge is 0.277 e. The van der Waals surface area contributed by atoms with E-state index in [1.807, 2.05) is 30.5 Å². The fourth-order valence-electron chi connectivity index (χ4n) is 2.40. The van der Waals surface area contributed by atoms with Gasteiger partial charge in [-0.15, -0.1) is 0 Å². The molecule has 1 aromatic carbocycles. The monoisotopic (exact) mass is 314 g/mol. The Kier molecular flexibility index (Phi) is 5.97. The third-order valence-electron chi connectivity index (χ3n) is 3.87. The summed E-state index contributed by atoms with van der Waals surface area (Å²) in [6, 6.07) is 7.85. The Morgan fingerprint density at radius 1 is 1.30 bits per heavy atom. The van der Waals surface area contributed by atoms with Crippen molar-refractivity contribution in [2.24, 2.45) is 11.0 Å². The first-order valence-corrected chi connectivity index (χ1v) is 8.15. The van der Waals surface area contributed by atoms with Crippen LogP contribution in [0.1, 0.15) is 45.6 Å². The van der Waals surface area contributed by atoms with Gasteiger partial charge in [0.25, 0.3) is 5.91 Å². The average Bonchev–Trinajstić information content (AvgIpc) is 2.53. The predicted molar refractivity (Wildman–Crippen MR) is 93.8 cm³/mol. The van der Waals surface area contributed by atoms with Gasteiger partial charge in [-0.2, -0.15) is 5.10 Å². The Bertz CT molecular complexity index is 568. The van der Waals surface area contributed by atoms with Gasteiger partial charge in [-0.25, -0.2) is 5.43 Å². The number of carbonyl (C=O) groups is 1. The fourth-order valence-corrected chi connectivity index (χ4v) is 2.40. The number of amides is 1. The van der Waals surface area contributed by atoms with E-state index in [0.29, 0.717) is 11.7 Å². The number of rotatable bonds is 5. The lowest BCUT2D eigenvalue weighted by atomic mass is 9.87. The number of benzene rings is 1. The summed E-state index contributed by atoms with van der Waals surface area (Å²) in [5.41, 5.74) is 3.86. The van der Waals surface area contributed by atoms with Gasteiger partial charge in [-0.1, -0.05) is 45.1 Å². The first-order valence-electron chi connectivity index (χ1n) is 8.15. The van der Waals surface area contributed by atoms with Crippen LogP contribution in [0.4, 0.5) is 0 Å². The minimum atomic E-state index is -0.243. The van der Waals surface area contributed by atoms with E-state index in [1.165, 1.54) is 5.56 Å². The van der Waals surface area contributed by atoms with Crippen LogP contribution in [-0.2, 0) is 10.2 Å². The molecule has 0 heterocycles. The highest BCUT2D eigenvalue weighted by molar-refractivity contribution is 5.78. The number of nitrogens with one attached hydrogen (secondary N) is 1. The van der Waals surface area contributed by atoms with Crippen LogP contribution in [0.5, 0.6) is 5.75 Å². The molecule has 0 saturated heterocycles. The molecule has 1 aliphatic rings. The Balaban J connectivity index is 1.73. The number of hydrazone groups is 1. The van der Waals surface area contributed by atoms with Crippen LogP contribution in [0.2, 0.25) is 0 Å². The Hall–Kier alpha value is -2.10. The second-order valence-corrected chi connectivity index (χ2v) is 6.92. The summed E-state index contributed by atoms with van der Waals surface area (Å²) in [7, 11) is 0. The highest BCUT2D eigenvalue weighted by Crippen LogP contribution is 2.24. The lowest BCUT2D eigenvalue weighted by Gasteiger charge is -2.19. The minimum Gasteiger partial charge on any atom is -0.484 e. The van der Waals surface area contributed by atoms with Crippen molar-refractivity contribution >= 4 is 12.1 Å². The van der Waals surface area contributed by atoms with Gasteiger partial charge < -0.3 is 4.74 Å². The van der Waals surface area contributed by atoms with E-state index in [2.05, 4.69) is 43.5 Å². The highest BCUT2D eigenvalue weighted by atomic mass is 16.5. The van der Waals surface area contributed by atoms with Gasteiger partial charge in [0.2, 0.25) is 0 Å². The van der Waals surface area contributed by atoms with E-state index in [9.17, 15) is 4.79 Å². The molecule has 2 rings (SSSR count). The molecule has 4 heteroatoms. The van der Waals surface area contributed by atoms with E-state index in [1.54, 1.807) is 0 Å². The largest absolute Gasteiger partial charge is 0.484 e. The molecule has 1 atom stereocenters. The molecule has 23 heavy (non-hydrogen) atoms. The molecule has 0 fully saturated rings. The molecule has 1 aliphatic carbocycles. The highest BCUT2D eigenvalue weighted by Gasteiger charge is 2.13. The van der Waals surface area contributed by atoms with Crippen LogP contribution < -0.4 is 10.2 Å². The molecule has 0 aliphatic heterocycles. The average molecular weight is 314 g/mol. The SMILES string of the molecule is CC(C)(C)c1ccc(OCC(=O)N/N=C\[C@H]2CC=CCC2)cc1. The van der Waals surface area contributed by atoms with Crippen LogP contribution in [0, 0.1) is 5.92 Å². The molecule has 124 valence electrons. The zero-order valence-corrected chi connectivity index (χ0v) is 14.2. The molecule has 1 amide bonds. The second kappa shape index (κ2) is 7.95. The van der Waals surface area contributed by atoms with E-state index in [4.69, 9.17) is 4.74 Å². The molecule has 0 aromatic heterocycles. The summed E-state index contributed by atoms with van der Waals surface area (Å²) in [4.78, 5) is 11.7. The van der Waals surface area contributed by atoms with Crippen LogP contribution in [0.3, 0.4) is 0 Å². The molecule has 0 spiro atoms. The lowest BCUT2D eigenvalue weighted by Crippen LogP contribution is -2.25. The van der Waals surface area contributed by atoms with Gasteiger partial charge in [0, 0.05) is 6.21 Å². The summed E-state index contributed by atoms with van der Waals surface area (Å²) < 4.78 is 5.48. The number of ether oxygens (including phenoxy) is 1. The van der Waals surface area contributed by atoms with Crippen molar-refractivity contribution in [1.29, 1.82) is 0 Å². The van der Waals surface area contributed by atoms with Gasteiger partial charge >= 0.3 is 0 Å². The van der Waals surface area contributed by atoms with Gasteiger partial charge in [0.15, 0.2) is 6.61 Å². The van der Waals surface area contributed by atoms with Crippen LogP contribution >= 0.6 is 0 Å². The summed E-state index contributed by atoms with van der Waals surface area (Å²) in [6.45, 7) is 6.46. The molecule has 0 unspecified atom stereocenters. The fraction of sp³-hybridized carbons (Fsp3) is 0.474. The zero-order chi connectivity index (χ0) is 16.7. The van der Waals surface area contributed by atoms with Crippen molar-refractivity contribution in [3.8, 4) is 5.75 Å². The van der Waals surface area contributed by atoms with E-state index < -0.39 is 0 Å². The standard InChI is InChI=1S/C19H26N2O2/c1-19(2,3)16-9-11-17(12-10-16)23-14-18(22)21-20-13-15-7-5-4-6-8-15/h4-5,9-13,15H,6-8,14H2,1-3H3,(H,21,22)/b20-13-/t15-/m0/s1. The van der Waals surface area contributed by atoms with Gasteiger partial charge in [-0.05, 0) is 48.3 Å². The van der Waals surface area contributed by atoms with Gasteiger partial charge in [0.05, 0.1) is 0 Å². The van der Waals surface area contributed by atoms with Crippen LogP contribution in [-0.4, -0.2) is 18.7 Å². The number of hydrogen-bond acceptors (Lipinski definition) is 3. The van der Waals surface area contributed by atoms with Crippen molar-refractivity contribution in [2.75, 3.05) is 6.61 Å². The summed E-state index contributed by atoms with van der Waals surface area (Å²) >= 11 is 0. The molecular weight excluding hydrogens is 288 g/mol. The Labute approximate surface area is 138 Å². The van der Waals surface area contributed by atoms with Gasteiger partial charge in [0.1, 0.15) is 5.75 Å². The van der Waals surface area contributed by atoms with Crippen molar-refractivity contribution in [3.63, 3.8) is 0 Å². The molecule has 1 aromatic rings. The maximum atomic E-state index is 11.7. The quantitative estimate of drug-likeness (QED) is 0.510. The third kappa shape index (κ3) is 5.89. The van der Waals surface area contributed by atoms with Crippen molar-refractivity contribution in [3.05, 3.63) is 42.0 Å². The number of hydrogen-bond donors (Lipinski definition) is 1. The van der Waals surface area contributed by atoms with Crippen molar-refractivity contribution in [1.82, 2.24) is 5.43 Å². The van der Waals surface area contributed by atoms with Crippen LogP contribution in [0.15, 0.2) is 41.5 Å². The third-order valence-corrected chi connectivity index (χ3v) is 3.87. The maximum Gasteiger partial charge on any atom is 0.277 e. The van der Waals surface area contributed by atoms with Gasteiger partial charge in [-0.3, -0.25) is 4.79 Å². The van der Waals surface area contributed by atoms with Crippen molar-refractivity contribution in [2.45, 2.75) is 45.4 Å². The summed E-state index contributed by atoms with van der Waals surface area (Å²) in [5.74, 6) is 0.869. The van der Waals surface area contributed by atoms with Crippen molar-refractivity contribution < 1.29 is 9.53 Å². The normalized spacial score (nSPS) is 18.1. The summed E-state index contributed by atoms with van der Waals surface area (Å²) in [5, 5.41) is 4.02. The predicted octanol–water partition coefficient (Wildman–Crippen LogP) is 3.82. The van der Waals surface area contributed by atoms with Crippen LogP contribution in [0.25, 0.3) is 0 Å². The topological polar surface area (TPSA) is 50.7 Å². The Morgan fingerprint density at radius 3 is 2.65 bits per heavy atom. The molecule has 4 nitrogen and oxygen atoms in total. The minimum absolute atomic E-state index is 0.0310. The number of allylic oxidation sites excluding steroid dienone is 2. The molecule has 0 radical (unpaired) electrons. The number of carbonyl (C=O) groups excluding carboxylic acids is 1. The lowest BCUT2D eigenvalue weighted by molar-refractivity contribution is -0.123. The Morgan fingerprint density at radius 2 is 2.04 bits per heavy atom. The molecule has 0 bridgehead atoms. The molecular formula is C19H26N2O2. The molecule has 0 saturated carbocycles.